The van der Waals surface area contributed by atoms with E-state index in [1.807, 2.05) is 0 Å². The van der Waals surface area contributed by atoms with Gasteiger partial charge in [-0.25, -0.2) is 4.98 Å². The molecule has 4 nitrogen and oxygen atoms in total. The molecule has 0 atom stereocenters. The average Bonchev–Trinajstić information content (AvgIpc) is 3.48. The van der Waals surface area contributed by atoms with Gasteiger partial charge in [0.25, 0.3) is 0 Å². The van der Waals surface area contributed by atoms with E-state index in [0.717, 1.165) is 28.1 Å². The first kappa shape index (κ1) is 20.5. The molecule has 37 heavy (non-hydrogen) atoms. The van der Waals surface area contributed by atoms with Crippen molar-refractivity contribution in [2.45, 2.75) is 13.3 Å². The molecule has 0 saturated heterocycles. The molecule has 0 amide bonds. The molecule has 8 rings (SSSR count). The third kappa shape index (κ3) is 3.03. The number of hydrogen-bond acceptors (Lipinski definition) is 2. The predicted octanol–water partition coefficient (Wildman–Crippen LogP) is 7.96. The number of hydrogen-bond donors (Lipinski definition) is 0. The van der Waals surface area contributed by atoms with Crippen molar-refractivity contribution in [1.82, 2.24) is 14.1 Å². The van der Waals surface area contributed by atoms with Crippen LogP contribution in [0.15, 0.2) is 115 Å². The zero-order valence-corrected chi connectivity index (χ0v) is 20.1. The number of para-hydroxylation sites is 3. The van der Waals surface area contributed by atoms with Crippen LogP contribution >= 0.6 is 0 Å². The number of imidazole rings is 1. The molecule has 0 aliphatic carbocycles. The molecule has 176 valence electrons. The van der Waals surface area contributed by atoms with Gasteiger partial charge in [0.05, 0.1) is 28.7 Å². The molecule has 0 fully saturated rings. The van der Waals surface area contributed by atoms with E-state index in [0.29, 0.717) is 13.3 Å². The molecule has 0 spiro atoms. The summed E-state index contributed by atoms with van der Waals surface area (Å²) in [5, 5.41) is 2.45. The summed E-state index contributed by atoms with van der Waals surface area (Å²) >= 11 is 0. The summed E-state index contributed by atoms with van der Waals surface area (Å²) in [6, 6.07) is 40.8. The topological polar surface area (TPSA) is 32.0 Å². The SMILES string of the molecule is c1ccc(-n2c3ccccc3c3cc(-c4nc5cccc6c5n4COCc4ccccc4-6)ccc32)cc1. The lowest BCUT2D eigenvalue weighted by molar-refractivity contribution is 0.0671. The highest BCUT2D eigenvalue weighted by Crippen LogP contribution is 2.38. The molecule has 2 aromatic heterocycles. The fourth-order valence-corrected chi connectivity index (χ4v) is 5.87. The molecule has 1 aliphatic heterocycles. The smallest absolute Gasteiger partial charge is 0.143 e. The van der Waals surface area contributed by atoms with Gasteiger partial charge in [-0.15, -0.1) is 0 Å². The van der Waals surface area contributed by atoms with Crippen LogP contribution in [0.1, 0.15) is 5.56 Å². The minimum Gasteiger partial charge on any atom is -0.356 e. The van der Waals surface area contributed by atoms with E-state index in [2.05, 4.69) is 124 Å². The Kier molecular flexibility index (Phi) is 4.39. The van der Waals surface area contributed by atoms with Crippen LogP contribution in [0.3, 0.4) is 0 Å². The van der Waals surface area contributed by atoms with Crippen molar-refractivity contribution in [3.8, 4) is 28.2 Å². The zero-order valence-electron chi connectivity index (χ0n) is 20.1. The second-order valence-electron chi connectivity index (χ2n) is 9.59. The lowest BCUT2D eigenvalue weighted by Crippen LogP contribution is -2.08. The van der Waals surface area contributed by atoms with Gasteiger partial charge in [0.15, 0.2) is 0 Å². The first-order valence-electron chi connectivity index (χ1n) is 12.6. The summed E-state index contributed by atoms with van der Waals surface area (Å²) in [4.78, 5) is 5.14. The maximum Gasteiger partial charge on any atom is 0.143 e. The number of aromatic nitrogens is 3. The molecular formula is C33H23N3O. The third-order valence-corrected chi connectivity index (χ3v) is 7.50. The van der Waals surface area contributed by atoms with Crippen LogP contribution in [-0.2, 0) is 18.1 Å². The zero-order chi connectivity index (χ0) is 24.3. The predicted molar refractivity (Wildman–Crippen MR) is 150 cm³/mol. The van der Waals surface area contributed by atoms with Crippen LogP contribution in [0.2, 0.25) is 0 Å². The summed E-state index contributed by atoms with van der Waals surface area (Å²) in [7, 11) is 0. The second-order valence-corrected chi connectivity index (χ2v) is 9.59. The average molecular weight is 478 g/mol. The Morgan fingerprint density at radius 1 is 0.649 bits per heavy atom. The molecule has 0 unspecified atom stereocenters. The summed E-state index contributed by atoms with van der Waals surface area (Å²) in [6.07, 6.45) is 0. The van der Waals surface area contributed by atoms with E-state index < -0.39 is 0 Å². The Labute approximate surface area is 214 Å². The summed E-state index contributed by atoms with van der Waals surface area (Å²) in [5.41, 5.74) is 10.4. The monoisotopic (exact) mass is 477 g/mol. The Balaban J connectivity index is 1.40. The van der Waals surface area contributed by atoms with Gasteiger partial charge in [0.2, 0.25) is 0 Å². The van der Waals surface area contributed by atoms with Gasteiger partial charge < -0.3 is 9.30 Å². The van der Waals surface area contributed by atoms with Crippen LogP contribution in [0.5, 0.6) is 0 Å². The third-order valence-electron chi connectivity index (χ3n) is 7.50. The minimum atomic E-state index is 0.459. The molecule has 7 aromatic rings. The Hall–Kier alpha value is -4.67. The van der Waals surface area contributed by atoms with Crippen molar-refractivity contribution in [2.75, 3.05) is 0 Å². The maximum absolute atomic E-state index is 6.21. The molecule has 3 heterocycles. The minimum absolute atomic E-state index is 0.459. The number of nitrogens with zero attached hydrogens (tertiary/aromatic N) is 3. The van der Waals surface area contributed by atoms with Gasteiger partial charge in [-0.1, -0.05) is 72.8 Å². The molecule has 0 N–H and O–H groups in total. The number of ether oxygens (including phenoxy) is 1. The number of benzene rings is 5. The molecule has 0 bridgehead atoms. The van der Waals surface area contributed by atoms with Crippen LogP contribution < -0.4 is 0 Å². The van der Waals surface area contributed by atoms with E-state index in [1.54, 1.807) is 0 Å². The van der Waals surface area contributed by atoms with Gasteiger partial charge in [0, 0.05) is 27.6 Å². The van der Waals surface area contributed by atoms with Crippen LogP contribution in [-0.4, -0.2) is 14.1 Å². The fourth-order valence-electron chi connectivity index (χ4n) is 5.87. The summed E-state index contributed by atoms with van der Waals surface area (Å²) < 4.78 is 10.8. The first-order valence-corrected chi connectivity index (χ1v) is 12.6. The number of fused-ring (bicyclic) bond motifs is 5. The van der Waals surface area contributed by atoms with Crippen molar-refractivity contribution in [3.05, 3.63) is 121 Å². The van der Waals surface area contributed by atoms with Crippen molar-refractivity contribution in [3.63, 3.8) is 0 Å². The Morgan fingerprint density at radius 2 is 1.43 bits per heavy atom. The van der Waals surface area contributed by atoms with E-state index in [1.165, 1.54) is 38.5 Å². The van der Waals surface area contributed by atoms with E-state index in [-0.39, 0.29) is 0 Å². The molecule has 0 saturated carbocycles. The highest BCUT2D eigenvalue weighted by Gasteiger charge is 2.21. The van der Waals surface area contributed by atoms with E-state index >= 15 is 0 Å². The quantitative estimate of drug-likeness (QED) is 0.253. The normalized spacial score (nSPS) is 13.1. The lowest BCUT2D eigenvalue weighted by Gasteiger charge is -2.18. The van der Waals surface area contributed by atoms with E-state index in [9.17, 15) is 0 Å². The molecule has 0 radical (unpaired) electrons. The van der Waals surface area contributed by atoms with Gasteiger partial charge in [-0.2, -0.15) is 0 Å². The van der Waals surface area contributed by atoms with Crippen molar-refractivity contribution in [2.24, 2.45) is 0 Å². The first-order chi connectivity index (χ1) is 18.4. The molecular weight excluding hydrogens is 454 g/mol. The highest BCUT2D eigenvalue weighted by molar-refractivity contribution is 6.10. The molecule has 5 aromatic carbocycles. The molecule has 4 heteroatoms. The lowest BCUT2D eigenvalue weighted by atomic mass is 9.98. The largest absolute Gasteiger partial charge is 0.356 e. The fraction of sp³-hybridized carbons (Fsp3) is 0.0606. The van der Waals surface area contributed by atoms with Crippen LogP contribution in [0.25, 0.3) is 61.0 Å². The molecule has 1 aliphatic rings. The van der Waals surface area contributed by atoms with Crippen LogP contribution in [0, 0.1) is 0 Å². The Bertz CT molecular complexity index is 1960. The summed E-state index contributed by atoms with van der Waals surface area (Å²) in [5.74, 6) is 0.931. The Morgan fingerprint density at radius 3 is 2.38 bits per heavy atom. The highest BCUT2D eigenvalue weighted by atomic mass is 16.5. The second kappa shape index (κ2) is 7.92. The van der Waals surface area contributed by atoms with Gasteiger partial charge in [-0.05, 0) is 53.6 Å². The van der Waals surface area contributed by atoms with Gasteiger partial charge in [0.1, 0.15) is 12.6 Å². The van der Waals surface area contributed by atoms with Crippen molar-refractivity contribution in [1.29, 1.82) is 0 Å². The van der Waals surface area contributed by atoms with Gasteiger partial charge in [-0.3, -0.25) is 4.57 Å². The number of rotatable bonds is 2. The maximum atomic E-state index is 6.21. The van der Waals surface area contributed by atoms with Gasteiger partial charge >= 0.3 is 0 Å². The van der Waals surface area contributed by atoms with E-state index in [4.69, 9.17) is 9.72 Å². The van der Waals surface area contributed by atoms with Crippen LogP contribution in [0.4, 0.5) is 0 Å². The van der Waals surface area contributed by atoms with Crippen molar-refractivity contribution < 1.29 is 4.74 Å². The van der Waals surface area contributed by atoms with Crippen molar-refractivity contribution >= 4 is 32.8 Å². The summed E-state index contributed by atoms with van der Waals surface area (Å²) in [6.45, 7) is 1.04. The standard InChI is InChI=1S/C33H23N3O/c1-2-10-24(11-3-1)36-30-16-7-6-13-26(30)28-19-22(17-18-31(28)36)33-34-29-15-8-14-27-25-12-5-4-9-23(25)20-37-21-35(33)32(27)29/h1-19H,20-21H2.